The number of ether oxygens (including phenoxy) is 1. The second-order valence-electron chi connectivity index (χ2n) is 9.93. The molecule has 0 unspecified atom stereocenters. The quantitative estimate of drug-likeness (QED) is 0.180. The molecule has 8 nitrogen and oxygen atoms in total. The number of nitriles is 1. The van der Waals surface area contributed by atoms with Gasteiger partial charge in [-0.15, -0.1) is 0 Å². The minimum atomic E-state index is -0.867. The highest BCUT2D eigenvalue weighted by molar-refractivity contribution is 6.30. The Morgan fingerprint density at radius 3 is 2.64 bits per heavy atom. The number of esters is 1. The first-order valence-electron chi connectivity index (χ1n) is 12.8. The predicted molar refractivity (Wildman–Crippen MR) is 149 cm³/mol. The van der Waals surface area contributed by atoms with Gasteiger partial charge in [-0.05, 0) is 73.7 Å². The fourth-order valence-electron chi connectivity index (χ4n) is 4.53. The number of nitrogens with zero attached hydrogens (tertiary/aromatic N) is 4. The van der Waals surface area contributed by atoms with Gasteiger partial charge in [0, 0.05) is 29.4 Å². The molecule has 0 saturated carbocycles. The number of aryl methyl sites for hydroxylation is 1. The third-order valence-electron chi connectivity index (χ3n) is 6.72. The van der Waals surface area contributed by atoms with Crippen LogP contribution in [-0.2, 0) is 20.9 Å². The Labute approximate surface area is 233 Å². The van der Waals surface area contributed by atoms with Crippen molar-refractivity contribution in [1.29, 1.82) is 5.26 Å². The number of carbonyl (C=O) groups is 2. The Bertz CT molecular complexity index is 1440. The topological polar surface area (TPSA) is 101 Å². The summed E-state index contributed by atoms with van der Waals surface area (Å²) in [6, 6.07) is 14.0. The van der Waals surface area contributed by atoms with Crippen molar-refractivity contribution in [3.05, 3.63) is 87.6 Å². The molecule has 1 amide bonds. The number of hydrazone groups is 1. The molecule has 2 aromatic heterocycles. The Kier molecular flexibility index (Phi) is 8.72. The molecule has 1 aliphatic heterocycles. The summed E-state index contributed by atoms with van der Waals surface area (Å²) in [5.41, 5.74) is 4.11. The normalized spacial score (nSPS) is 15.4. The summed E-state index contributed by atoms with van der Waals surface area (Å²) in [4.78, 5) is 25.9. The highest BCUT2D eigenvalue weighted by Gasteiger charge is 2.35. The molecule has 1 aliphatic rings. The van der Waals surface area contributed by atoms with Gasteiger partial charge in [-0.3, -0.25) is 4.79 Å². The second-order valence-corrected chi connectivity index (χ2v) is 10.4. The van der Waals surface area contributed by atoms with Crippen molar-refractivity contribution in [3.63, 3.8) is 0 Å². The lowest BCUT2D eigenvalue weighted by Crippen LogP contribution is -2.31. The van der Waals surface area contributed by atoms with Gasteiger partial charge in [0.1, 0.15) is 23.4 Å². The number of hydrogen-bond donors (Lipinski definition) is 0. The van der Waals surface area contributed by atoms with Crippen LogP contribution in [0.1, 0.15) is 61.0 Å². The number of rotatable bonds is 9. The molecule has 0 saturated heterocycles. The zero-order chi connectivity index (χ0) is 28.1. The first-order valence-corrected chi connectivity index (χ1v) is 13.2. The van der Waals surface area contributed by atoms with Crippen LogP contribution in [0.25, 0.3) is 6.08 Å². The lowest BCUT2D eigenvalue weighted by Gasteiger charge is -2.19. The molecule has 0 fully saturated rings. The summed E-state index contributed by atoms with van der Waals surface area (Å²) in [7, 11) is 0. The van der Waals surface area contributed by atoms with Crippen LogP contribution in [-0.4, -0.2) is 33.8 Å². The lowest BCUT2D eigenvalue weighted by molar-refractivity contribution is -0.149. The van der Waals surface area contributed by atoms with Crippen molar-refractivity contribution in [2.45, 2.75) is 53.1 Å². The molecule has 1 aromatic carbocycles. The number of carbonyl (C=O) groups excluding carboxylic acids is 2. The van der Waals surface area contributed by atoms with Gasteiger partial charge in [0.25, 0.3) is 5.91 Å². The second kappa shape index (κ2) is 12.2. The van der Waals surface area contributed by atoms with Gasteiger partial charge in [-0.25, -0.2) is 9.80 Å². The van der Waals surface area contributed by atoms with E-state index >= 15 is 0 Å². The maximum Gasteiger partial charge on any atom is 0.349 e. The number of aromatic nitrogens is 1. The fourth-order valence-corrected chi connectivity index (χ4v) is 4.65. The van der Waals surface area contributed by atoms with E-state index in [1.807, 2.05) is 38.1 Å². The number of hydrogen-bond acceptors (Lipinski definition) is 6. The van der Waals surface area contributed by atoms with Gasteiger partial charge in [0.05, 0.1) is 12.0 Å². The molecule has 39 heavy (non-hydrogen) atoms. The van der Waals surface area contributed by atoms with Gasteiger partial charge in [0.2, 0.25) is 0 Å². The average Bonchev–Trinajstić information content (AvgIpc) is 3.65. The van der Waals surface area contributed by atoms with Crippen molar-refractivity contribution in [2.24, 2.45) is 11.0 Å². The summed E-state index contributed by atoms with van der Waals surface area (Å²) in [5.74, 6) is -0.277. The van der Waals surface area contributed by atoms with E-state index in [1.54, 1.807) is 24.3 Å². The fraction of sp³-hybridized carbons (Fsp3) is 0.333. The highest BCUT2D eigenvalue weighted by Crippen LogP contribution is 2.33. The number of furan rings is 1. The van der Waals surface area contributed by atoms with Crippen molar-refractivity contribution in [3.8, 4) is 6.07 Å². The molecule has 0 radical (unpaired) electrons. The summed E-state index contributed by atoms with van der Waals surface area (Å²) in [5, 5.41) is 16.0. The van der Waals surface area contributed by atoms with Crippen molar-refractivity contribution in [1.82, 2.24) is 9.58 Å². The van der Waals surface area contributed by atoms with Gasteiger partial charge in [-0.1, -0.05) is 37.6 Å². The van der Waals surface area contributed by atoms with E-state index in [2.05, 4.69) is 23.5 Å². The third kappa shape index (κ3) is 6.50. The summed E-state index contributed by atoms with van der Waals surface area (Å²) in [6.45, 7) is 8.58. The van der Waals surface area contributed by atoms with Crippen LogP contribution in [0.3, 0.4) is 0 Å². The number of amides is 1. The van der Waals surface area contributed by atoms with Crippen LogP contribution in [0.4, 0.5) is 0 Å². The van der Waals surface area contributed by atoms with Crippen LogP contribution >= 0.6 is 11.6 Å². The van der Waals surface area contributed by atoms with Gasteiger partial charge >= 0.3 is 5.97 Å². The molecule has 0 aliphatic carbocycles. The molecule has 0 bridgehead atoms. The van der Waals surface area contributed by atoms with Gasteiger partial charge < -0.3 is 13.7 Å². The Morgan fingerprint density at radius 2 is 2.00 bits per heavy atom. The Balaban J connectivity index is 1.48. The van der Waals surface area contributed by atoms with E-state index in [0.29, 0.717) is 28.8 Å². The maximum atomic E-state index is 13.2. The monoisotopic (exact) mass is 546 g/mol. The van der Waals surface area contributed by atoms with Crippen molar-refractivity contribution >= 4 is 35.3 Å². The zero-order valence-corrected chi connectivity index (χ0v) is 23.2. The van der Waals surface area contributed by atoms with Crippen LogP contribution in [0, 0.1) is 31.1 Å². The Morgan fingerprint density at radius 1 is 1.26 bits per heavy atom. The van der Waals surface area contributed by atoms with E-state index in [-0.39, 0.29) is 5.57 Å². The summed E-state index contributed by atoms with van der Waals surface area (Å²) in [6.07, 6.45) is 4.48. The number of halogens is 1. The van der Waals surface area contributed by atoms with Crippen molar-refractivity contribution in [2.75, 3.05) is 6.61 Å². The largest absolute Gasteiger partial charge is 0.467 e. The van der Waals surface area contributed by atoms with Gasteiger partial charge in [0.15, 0.2) is 6.61 Å². The lowest BCUT2D eigenvalue weighted by atomic mass is 10.0. The molecule has 4 rings (SSSR count). The smallest absolute Gasteiger partial charge is 0.349 e. The summed E-state index contributed by atoms with van der Waals surface area (Å²) < 4.78 is 13.0. The molecule has 3 heterocycles. The molecule has 9 heteroatoms. The number of benzene rings is 1. The first kappa shape index (κ1) is 27.9. The van der Waals surface area contributed by atoms with E-state index < -0.39 is 24.5 Å². The molecule has 1 atom stereocenters. The van der Waals surface area contributed by atoms with E-state index in [9.17, 15) is 14.9 Å². The Hall–Kier alpha value is -4.09. The third-order valence-corrected chi connectivity index (χ3v) is 6.98. The first-order chi connectivity index (χ1) is 18.7. The minimum absolute atomic E-state index is 0.179. The van der Waals surface area contributed by atoms with Crippen LogP contribution < -0.4 is 0 Å². The molecular weight excluding hydrogens is 516 g/mol. The molecule has 0 spiro atoms. The van der Waals surface area contributed by atoms with E-state index in [0.717, 1.165) is 35.5 Å². The molecule has 3 aromatic rings. The zero-order valence-electron chi connectivity index (χ0n) is 22.5. The highest BCUT2D eigenvalue weighted by atomic mass is 35.5. The summed E-state index contributed by atoms with van der Waals surface area (Å²) >= 11 is 6.01. The van der Waals surface area contributed by atoms with Crippen molar-refractivity contribution < 1.29 is 18.7 Å². The van der Waals surface area contributed by atoms with E-state index in [4.69, 9.17) is 20.8 Å². The van der Waals surface area contributed by atoms with Crippen LogP contribution in [0.5, 0.6) is 0 Å². The SMILES string of the molecule is Cc1cc(/C=C(\C#N)C(=O)OCC(=O)N2N=C(c3ccc(Cl)cc3)C[C@@H]2c2ccco2)c(C)n1CCC(C)C. The van der Waals surface area contributed by atoms with Crippen LogP contribution in [0.15, 0.2) is 63.8 Å². The van der Waals surface area contributed by atoms with E-state index in [1.165, 1.54) is 17.3 Å². The average molecular weight is 547 g/mol. The van der Waals surface area contributed by atoms with Crippen LogP contribution in [0.2, 0.25) is 5.02 Å². The predicted octanol–water partition coefficient (Wildman–Crippen LogP) is 6.23. The maximum absolute atomic E-state index is 13.2. The molecule has 202 valence electrons. The molecular formula is C30H31ClN4O4. The van der Waals surface area contributed by atoms with Gasteiger partial charge in [-0.2, -0.15) is 10.4 Å². The minimum Gasteiger partial charge on any atom is -0.467 e. The molecule has 0 N–H and O–H groups in total. The standard InChI is InChI=1S/C30H31ClN4O4/c1-19(2)11-12-34-20(3)14-23(21(34)4)15-24(17-32)30(37)39-18-29(36)35-27(28-6-5-13-38-28)16-26(33-35)22-7-9-25(31)10-8-22/h5-10,13-15,19,27H,11-12,16,18H2,1-4H3/b24-15+/t27-/m1/s1.